The highest BCUT2D eigenvalue weighted by Crippen LogP contribution is 2.24. The number of rotatable bonds is 6. The second-order valence-corrected chi connectivity index (χ2v) is 5.14. The van der Waals surface area contributed by atoms with Gasteiger partial charge in [0.2, 0.25) is 0 Å². The Bertz CT molecular complexity index is 816. The summed E-state index contributed by atoms with van der Waals surface area (Å²) in [7, 11) is 0. The number of anilines is 1. The summed E-state index contributed by atoms with van der Waals surface area (Å²) < 4.78 is 61.0. The minimum Gasteiger partial charge on any atom is -0.457 e. The molecule has 0 spiro atoms. The second kappa shape index (κ2) is 7.44. The van der Waals surface area contributed by atoms with Crippen LogP contribution in [0.2, 0.25) is 0 Å². The van der Waals surface area contributed by atoms with Crippen LogP contribution < -0.4 is 25.4 Å². The SMILES string of the molecule is Cc1c(F)ccc(N2C=C(COc3ncc(OC(F)F)cn3)NN2)c1F. The Morgan fingerprint density at radius 2 is 1.92 bits per heavy atom. The van der Waals surface area contributed by atoms with Crippen LogP contribution >= 0.6 is 0 Å². The van der Waals surface area contributed by atoms with Crippen molar-refractivity contribution in [1.29, 1.82) is 0 Å². The highest BCUT2D eigenvalue weighted by Gasteiger charge is 2.19. The standard InChI is InChI=1S/C15H13F4N5O2/c1-8-11(16)2-3-12(13(8)17)24-6-9(22-23-24)7-25-15-20-4-10(5-21-15)26-14(18)19/h2-6,14,22-23H,7H2,1H3. The van der Waals surface area contributed by atoms with Crippen LogP contribution in [0, 0.1) is 18.6 Å². The van der Waals surface area contributed by atoms with Gasteiger partial charge >= 0.3 is 12.6 Å². The van der Waals surface area contributed by atoms with E-state index < -0.39 is 18.2 Å². The van der Waals surface area contributed by atoms with Crippen molar-refractivity contribution in [2.75, 3.05) is 11.6 Å². The van der Waals surface area contributed by atoms with Crippen molar-refractivity contribution < 1.29 is 27.0 Å². The van der Waals surface area contributed by atoms with Gasteiger partial charge < -0.3 is 14.9 Å². The Kier molecular flexibility index (Phi) is 5.07. The van der Waals surface area contributed by atoms with E-state index in [-0.39, 0.29) is 29.6 Å². The lowest BCUT2D eigenvalue weighted by Crippen LogP contribution is -2.37. The predicted molar refractivity (Wildman–Crippen MR) is 82.1 cm³/mol. The lowest BCUT2D eigenvalue weighted by Gasteiger charge is -2.17. The summed E-state index contributed by atoms with van der Waals surface area (Å²) in [5, 5.41) is 1.32. The topological polar surface area (TPSA) is 71.5 Å². The van der Waals surface area contributed by atoms with Crippen molar-refractivity contribution in [3.05, 3.63) is 53.6 Å². The largest absolute Gasteiger partial charge is 0.457 e. The minimum atomic E-state index is -2.97. The van der Waals surface area contributed by atoms with E-state index in [0.717, 1.165) is 18.5 Å². The maximum Gasteiger partial charge on any atom is 0.387 e. The van der Waals surface area contributed by atoms with E-state index in [0.29, 0.717) is 5.70 Å². The van der Waals surface area contributed by atoms with Crippen LogP contribution in [0.25, 0.3) is 0 Å². The average Bonchev–Trinajstić information content (AvgIpc) is 3.07. The Labute approximate surface area is 145 Å². The molecule has 0 fully saturated rings. The Hall–Kier alpha value is -3.08. The van der Waals surface area contributed by atoms with Crippen molar-refractivity contribution >= 4 is 5.69 Å². The summed E-state index contributed by atoms with van der Waals surface area (Å²) in [6.45, 7) is -1.64. The number of nitrogens with zero attached hydrogens (tertiary/aromatic N) is 3. The van der Waals surface area contributed by atoms with Crippen molar-refractivity contribution in [3.8, 4) is 11.8 Å². The first-order chi connectivity index (χ1) is 12.4. The molecule has 0 bridgehead atoms. The van der Waals surface area contributed by atoms with Crippen LogP contribution in [0.3, 0.4) is 0 Å². The molecular formula is C15H13F4N5O2. The summed E-state index contributed by atoms with van der Waals surface area (Å²) in [4.78, 5) is 7.45. The Balaban J connectivity index is 1.61. The van der Waals surface area contributed by atoms with E-state index in [1.165, 1.54) is 24.2 Å². The van der Waals surface area contributed by atoms with Crippen molar-refractivity contribution in [1.82, 2.24) is 20.9 Å². The van der Waals surface area contributed by atoms with Crippen LogP contribution in [0.1, 0.15) is 5.56 Å². The molecule has 11 heteroatoms. The van der Waals surface area contributed by atoms with Crippen LogP contribution in [0.15, 0.2) is 36.4 Å². The highest BCUT2D eigenvalue weighted by atomic mass is 19.3. The van der Waals surface area contributed by atoms with E-state index in [2.05, 4.69) is 25.7 Å². The quantitative estimate of drug-likeness (QED) is 0.756. The molecule has 2 aromatic rings. The Morgan fingerprint density at radius 1 is 1.19 bits per heavy atom. The third kappa shape index (κ3) is 3.94. The highest BCUT2D eigenvalue weighted by molar-refractivity contribution is 5.53. The van der Waals surface area contributed by atoms with E-state index in [1.54, 1.807) is 0 Å². The summed E-state index contributed by atoms with van der Waals surface area (Å²) in [6.07, 6.45) is 3.60. The molecule has 0 atom stereocenters. The van der Waals surface area contributed by atoms with Gasteiger partial charge in [0.25, 0.3) is 0 Å². The van der Waals surface area contributed by atoms with Gasteiger partial charge in [0, 0.05) is 11.8 Å². The number of nitrogens with one attached hydrogen (secondary N) is 2. The average molecular weight is 371 g/mol. The molecule has 1 aliphatic rings. The molecule has 1 aromatic heterocycles. The minimum absolute atomic E-state index is 0.0135. The summed E-state index contributed by atoms with van der Waals surface area (Å²) >= 11 is 0. The molecule has 0 unspecified atom stereocenters. The maximum atomic E-state index is 14.1. The second-order valence-electron chi connectivity index (χ2n) is 5.14. The molecule has 1 aromatic carbocycles. The van der Waals surface area contributed by atoms with Crippen LogP contribution in [-0.4, -0.2) is 23.2 Å². The van der Waals surface area contributed by atoms with Gasteiger partial charge in [-0.2, -0.15) is 18.7 Å². The molecule has 7 nitrogen and oxygen atoms in total. The van der Waals surface area contributed by atoms with Gasteiger partial charge in [0.15, 0.2) is 11.6 Å². The van der Waals surface area contributed by atoms with E-state index in [9.17, 15) is 17.6 Å². The number of halogens is 4. The molecule has 1 aliphatic heterocycles. The number of hydrogen-bond donors (Lipinski definition) is 2. The van der Waals surface area contributed by atoms with Crippen molar-refractivity contribution in [2.45, 2.75) is 13.5 Å². The van der Waals surface area contributed by atoms with Gasteiger partial charge in [-0.3, -0.25) is 5.01 Å². The normalized spacial score (nSPS) is 13.6. The van der Waals surface area contributed by atoms with Gasteiger partial charge in [-0.1, -0.05) is 0 Å². The molecular weight excluding hydrogens is 358 g/mol. The summed E-state index contributed by atoms with van der Waals surface area (Å²) in [5.41, 5.74) is 5.96. The van der Waals surface area contributed by atoms with Gasteiger partial charge in [-0.25, -0.2) is 8.78 Å². The first-order valence-electron chi connectivity index (χ1n) is 7.30. The van der Waals surface area contributed by atoms with Crippen LogP contribution in [-0.2, 0) is 0 Å². The van der Waals surface area contributed by atoms with Crippen molar-refractivity contribution in [2.24, 2.45) is 0 Å². The number of benzene rings is 1. The third-order valence-electron chi connectivity index (χ3n) is 3.37. The fourth-order valence-electron chi connectivity index (χ4n) is 2.07. The van der Waals surface area contributed by atoms with Gasteiger partial charge in [0.05, 0.1) is 23.8 Å². The molecule has 0 aliphatic carbocycles. The number of ether oxygens (including phenoxy) is 2. The van der Waals surface area contributed by atoms with Crippen LogP contribution in [0.4, 0.5) is 23.2 Å². The van der Waals surface area contributed by atoms with Gasteiger partial charge in [-0.05, 0) is 19.1 Å². The fraction of sp³-hybridized carbons (Fsp3) is 0.200. The molecule has 0 saturated carbocycles. The van der Waals surface area contributed by atoms with Crippen molar-refractivity contribution in [3.63, 3.8) is 0 Å². The monoisotopic (exact) mass is 371 g/mol. The molecule has 26 heavy (non-hydrogen) atoms. The molecule has 0 radical (unpaired) electrons. The molecule has 138 valence electrons. The summed E-state index contributed by atoms with van der Waals surface area (Å²) in [5.74, 6) is -1.53. The maximum absolute atomic E-state index is 14.1. The van der Waals surface area contributed by atoms with Crippen LogP contribution in [0.5, 0.6) is 11.8 Å². The first-order valence-corrected chi connectivity index (χ1v) is 7.30. The van der Waals surface area contributed by atoms with Gasteiger partial charge in [-0.15, -0.1) is 5.53 Å². The van der Waals surface area contributed by atoms with E-state index in [1.807, 2.05) is 0 Å². The lowest BCUT2D eigenvalue weighted by molar-refractivity contribution is -0.0504. The zero-order chi connectivity index (χ0) is 18.7. The zero-order valence-corrected chi connectivity index (χ0v) is 13.3. The Morgan fingerprint density at radius 3 is 2.62 bits per heavy atom. The number of aromatic nitrogens is 2. The number of hydrazine groups is 2. The zero-order valence-electron chi connectivity index (χ0n) is 13.3. The lowest BCUT2D eigenvalue weighted by atomic mass is 10.2. The number of alkyl halides is 2. The molecule has 0 amide bonds. The summed E-state index contributed by atoms with van der Waals surface area (Å²) in [6, 6.07) is 2.39. The van der Waals surface area contributed by atoms with E-state index in [4.69, 9.17) is 4.74 Å². The number of hydrogen-bond acceptors (Lipinski definition) is 7. The fourth-order valence-corrected chi connectivity index (χ4v) is 2.07. The predicted octanol–water partition coefficient (Wildman–Crippen LogP) is 2.41. The molecule has 3 rings (SSSR count). The van der Waals surface area contributed by atoms with E-state index >= 15 is 0 Å². The molecule has 0 saturated heterocycles. The molecule has 2 heterocycles. The third-order valence-corrected chi connectivity index (χ3v) is 3.37. The van der Waals surface area contributed by atoms with Gasteiger partial charge in [0.1, 0.15) is 12.4 Å². The molecule has 2 N–H and O–H groups in total. The first kappa shape index (κ1) is 17.7. The smallest absolute Gasteiger partial charge is 0.387 e.